The van der Waals surface area contributed by atoms with Crippen LogP contribution in [0.15, 0.2) is 46.9 Å². The van der Waals surface area contributed by atoms with Crippen LogP contribution < -0.4 is 10.1 Å². The second kappa shape index (κ2) is 9.34. The van der Waals surface area contributed by atoms with E-state index in [-0.39, 0.29) is 17.6 Å². The van der Waals surface area contributed by atoms with Gasteiger partial charge < -0.3 is 10.1 Å². The number of anilines is 1. The molecule has 0 saturated carbocycles. The Balaban J connectivity index is 1.49. The Kier molecular flexibility index (Phi) is 6.86. The van der Waals surface area contributed by atoms with Crippen LogP contribution in [-0.4, -0.2) is 43.3 Å². The van der Waals surface area contributed by atoms with Crippen molar-refractivity contribution in [3.05, 3.63) is 58.1 Å². The number of halogens is 1. The highest BCUT2D eigenvalue weighted by Crippen LogP contribution is 2.24. The number of likely N-dealkylation sites (tertiary alicyclic amines) is 1. The van der Waals surface area contributed by atoms with Crippen molar-refractivity contribution in [1.82, 2.24) is 4.90 Å². The number of hydrogen-bond donors (Lipinski definition) is 1. The second-order valence-corrected chi connectivity index (χ2v) is 8.07. The minimum Gasteiger partial charge on any atom is -0.497 e. The fourth-order valence-corrected chi connectivity index (χ4v) is 3.98. The number of methoxy groups -OCH3 is 1. The molecule has 0 radical (unpaired) electrons. The van der Waals surface area contributed by atoms with Crippen LogP contribution in [-0.2, 0) is 4.79 Å². The number of piperidine rings is 1. The first-order valence-corrected chi connectivity index (χ1v) is 10.2. The van der Waals surface area contributed by atoms with Crippen LogP contribution in [0.3, 0.4) is 0 Å². The van der Waals surface area contributed by atoms with E-state index in [1.807, 2.05) is 49.4 Å². The molecule has 2 aromatic rings. The minimum atomic E-state index is -0.0228. The number of rotatable bonds is 6. The van der Waals surface area contributed by atoms with E-state index in [0.717, 1.165) is 53.0 Å². The molecule has 1 amide bonds. The van der Waals surface area contributed by atoms with E-state index in [1.54, 1.807) is 7.11 Å². The first-order chi connectivity index (χ1) is 13.5. The molecule has 1 aliphatic rings. The number of ether oxygens (including phenoxy) is 1. The first-order valence-electron chi connectivity index (χ1n) is 9.43. The number of nitrogens with zero attached hydrogens (tertiary/aromatic N) is 1. The minimum absolute atomic E-state index is 0.0152. The number of Topliss-reactive ketones (excluding diaryl/α,β-unsaturated/α-hetero) is 1. The summed E-state index contributed by atoms with van der Waals surface area (Å²) in [6, 6.07) is 13.1. The van der Waals surface area contributed by atoms with Crippen molar-refractivity contribution in [2.24, 2.45) is 5.92 Å². The summed E-state index contributed by atoms with van der Waals surface area (Å²) in [7, 11) is 1.61. The Hall–Kier alpha value is -2.18. The van der Waals surface area contributed by atoms with Gasteiger partial charge in [-0.05, 0) is 80.9 Å². The van der Waals surface area contributed by atoms with Gasteiger partial charge >= 0.3 is 0 Å². The quantitative estimate of drug-likeness (QED) is 0.674. The zero-order chi connectivity index (χ0) is 20.1. The molecule has 1 aliphatic heterocycles. The van der Waals surface area contributed by atoms with Crippen LogP contribution in [0.5, 0.6) is 5.75 Å². The van der Waals surface area contributed by atoms with Gasteiger partial charge in [-0.1, -0.05) is 15.9 Å². The Morgan fingerprint density at radius 1 is 1.14 bits per heavy atom. The molecule has 0 spiro atoms. The highest BCUT2D eigenvalue weighted by molar-refractivity contribution is 9.10. The van der Waals surface area contributed by atoms with E-state index in [1.165, 1.54) is 0 Å². The zero-order valence-electron chi connectivity index (χ0n) is 16.2. The summed E-state index contributed by atoms with van der Waals surface area (Å²) >= 11 is 3.43. The maximum absolute atomic E-state index is 12.7. The fourth-order valence-electron chi connectivity index (χ4n) is 3.50. The van der Waals surface area contributed by atoms with E-state index in [9.17, 15) is 9.59 Å². The van der Waals surface area contributed by atoms with Crippen LogP contribution in [0, 0.1) is 12.8 Å². The largest absolute Gasteiger partial charge is 0.497 e. The first kappa shape index (κ1) is 20.6. The molecule has 1 heterocycles. The van der Waals surface area contributed by atoms with Crippen molar-refractivity contribution in [1.29, 1.82) is 0 Å². The number of ketones is 1. The van der Waals surface area contributed by atoms with Crippen LogP contribution in [0.25, 0.3) is 0 Å². The zero-order valence-corrected chi connectivity index (χ0v) is 17.8. The lowest BCUT2D eigenvalue weighted by Crippen LogP contribution is -2.40. The molecular weight excluding hydrogens is 420 g/mol. The Morgan fingerprint density at radius 2 is 1.82 bits per heavy atom. The molecule has 0 atom stereocenters. The van der Waals surface area contributed by atoms with Gasteiger partial charge in [0.25, 0.3) is 0 Å². The molecule has 5 nitrogen and oxygen atoms in total. The normalized spacial score (nSPS) is 15.2. The van der Waals surface area contributed by atoms with Gasteiger partial charge in [0.1, 0.15) is 5.75 Å². The van der Waals surface area contributed by atoms with Crippen LogP contribution >= 0.6 is 15.9 Å². The molecular formula is C22H25BrN2O3. The summed E-state index contributed by atoms with van der Waals surface area (Å²) in [5.74, 6) is 0.919. The average Bonchev–Trinajstić information content (AvgIpc) is 2.70. The molecule has 1 N–H and O–H groups in total. The summed E-state index contributed by atoms with van der Waals surface area (Å²) in [6.07, 6.45) is 1.55. The molecule has 0 bridgehead atoms. The third-order valence-electron chi connectivity index (χ3n) is 5.16. The monoisotopic (exact) mass is 444 g/mol. The Labute approximate surface area is 174 Å². The Bertz CT molecular complexity index is 843. The standard InChI is InChI=1S/C22H25BrN2O3/c1-15-13-18(23)5-8-20(15)24-21(26)14-25-11-9-17(10-12-25)22(27)16-3-6-19(28-2)7-4-16/h3-8,13,17H,9-12,14H2,1-2H3,(H,24,26). The predicted octanol–water partition coefficient (Wildman–Crippen LogP) is 4.30. The number of hydrogen-bond acceptors (Lipinski definition) is 4. The van der Waals surface area contributed by atoms with Crippen molar-refractivity contribution >= 4 is 33.3 Å². The highest BCUT2D eigenvalue weighted by atomic mass is 79.9. The van der Waals surface area contributed by atoms with Gasteiger partial charge in [0.15, 0.2) is 5.78 Å². The lowest BCUT2D eigenvalue weighted by molar-refractivity contribution is -0.117. The number of carbonyl (C=O) groups excluding carboxylic acids is 2. The number of aryl methyl sites for hydroxylation is 1. The topological polar surface area (TPSA) is 58.6 Å². The van der Waals surface area contributed by atoms with Crippen molar-refractivity contribution < 1.29 is 14.3 Å². The molecule has 0 aliphatic carbocycles. The van der Waals surface area contributed by atoms with Gasteiger partial charge in [-0.3, -0.25) is 14.5 Å². The molecule has 1 fully saturated rings. The van der Waals surface area contributed by atoms with Crippen molar-refractivity contribution in [3.63, 3.8) is 0 Å². The summed E-state index contributed by atoms with van der Waals surface area (Å²) in [4.78, 5) is 27.2. The van der Waals surface area contributed by atoms with Gasteiger partial charge in [-0.2, -0.15) is 0 Å². The Morgan fingerprint density at radius 3 is 2.43 bits per heavy atom. The van der Waals surface area contributed by atoms with E-state index >= 15 is 0 Å². The van der Waals surface area contributed by atoms with Crippen LogP contribution in [0.2, 0.25) is 0 Å². The summed E-state index contributed by atoms with van der Waals surface area (Å²) in [5.41, 5.74) is 2.58. The molecule has 0 aromatic heterocycles. The van der Waals surface area contributed by atoms with Crippen molar-refractivity contribution in [3.8, 4) is 5.75 Å². The highest BCUT2D eigenvalue weighted by Gasteiger charge is 2.26. The SMILES string of the molecule is COc1ccc(C(=O)C2CCN(CC(=O)Nc3ccc(Br)cc3C)CC2)cc1. The second-order valence-electron chi connectivity index (χ2n) is 7.15. The number of carbonyl (C=O) groups is 2. The summed E-state index contributed by atoms with van der Waals surface area (Å²) in [5, 5.41) is 2.98. The lowest BCUT2D eigenvalue weighted by atomic mass is 9.89. The van der Waals surface area contributed by atoms with Crippen LogP contribution in [0.1, 0.15) is 28.8 Å². The molecule has 6 heteroatoms. The molecule has 1 saturated heterocycles. The third-order valence-corrected chi connectivity index (χ3v) is 5.66. The van der Waals surface area contributed by atoms with Gasteiger partial charge in [-0.15, -0.1) is 0 Å². The molecule has 2 aromatic carbocycles. The van der Waals surface area contributed by atoms with Crippen LogP contribution in [0.4, 0.5) is 5.69 Å². The average molecular weight is 445 g/mol. The van der Waals surface area contributed by atoms with Gasteiger partial charge in [0, 0.05) is 21.6 Å². The van der Waals surface area contributed by atoms with Crippen molar-refractivity contribution in [2.45, 2.75) is 19.8 Å². The molecule has 148 valence electrons. The summed E-state index contributed by atoms with van der Waals surface area (Å²) < 4.78 is 6.14. The number of amides is 1. The van der Waals surface area contributed by atoms with E-state index in [4.69, 9.17) is 4.74 Å². The lowest BCUT2D eigenvalue weighted by Gasteiger charge is -2.30. The van der Waals surface area contributed by atoms with Crippen molar-refractivity contribution in [2.75, 3.05) is 32.1 Å². The molecule has 3 rings (SSSR count). The van der Waals surface area contributed by atoms with E-state index in [2.05, 4.69) is 26.1 Å². The summed E-state index contributed by atoms with van der Waals surface area (Å²) in [6.45, 7) is 3.81. The fraction of sp³-hybridized carbons (Fsp3) is 0.364. The predicted molar refractivity (Wildman–Crippen MR) is 114 cm³/mol. The molecule has 28 heavy (non-hydrogen) atoms. The molecule has 0 unspecified atom stereocenters. The smallest absolute Gasteiger partial charge is 0.238 e. The maximum Gasteiger partial charge on any atom is 0.238 e. The van der Waals surface area contributed by atoms with Gasteiger partial charge in [-0.25, -0.2) is 0 Å². The van der Waals surface area contributed by atoms with E-state index in [0.29, 0.717) is 6.54 Å². The number of nitrogens with one attached hydrogen (secondary N) is 1. The van der Waals surface area contributed by atoms with Gasteiger partial charge in [0.2, 0.25) is 5.91 Å². The van der Waals surface area contributed by atoms with Gasteiger partial charge in [0.05, 0.1) is 13.7 Å². The number of benzene rings is 2. The third kappa shape index (κ3) is 5.20. The van der Waals surface area contributed by atoms with E-state index < -0.39 is 0 Å². The maximum atomic E-state index is 12.7.